The summed E-state index contributed by atoms with van der Waals surface area (Å²) in [5.74, 6) is -1.62. The number of hydrogen-bond acceptors (Lipinski definition) is 4. The number of aromatic nitrogens is 2. The fourth-order valence-corrected chi connectivity index (χ4v) is 4.48. The standard InChI is InChI=1S/C28H23ClFN3O4/c29-23-4-2-1-3-20(23)13-16-37-27(36)32-25-24(30)17-31-33(25)22-11-7-19(8-12-22)18-5-9-21(10-6-18)28(14-15-28)26(34)35/h1-12,17H,13-16H2,(H,32,36)(H,34,35). The molecule has 1 amide bonds. The van der Waals surface area contributed by atoms with E-state index in [-0.39, 0.29) is 12.4 Å². The lowest BCUT2D eigenvalue weighted by Crippen LogP contribution is -2.19. The van der Waals surface area contributed by atoms with Crippen molar-refractivity contribution in [2.75, 3.05) is 11.9 Å². The molecule has 7 nitrogen and oxygen atoms in total. The molecule has 0 atom stereocenters. The minimum absolute atomic E-state index is 0.0758. The maximum absolute atomic E-state index is 14.4. The number of nitrogens with one attached hydrogen (secondary N) is 1. The highest BCUT2D eigenvalue weighted by molar-refractivity contribution is 6.31. The van der Waals surface area contributed by atoms with Gasteiger partial charge in [-0.1, -0.05) is 66.2 Å². The van der Waals surface area contributed by atoms with Crippen LogP contribution in [0, 0.1) is 5.82 Å². The zero-order valence-corrected chi connectivity index (χ0v) is 20.4. The molecular weight excluding hydrogens is 497 g/mol. The highest BCUT2D eigenvalue weighted by atomic mass is 35.5. The number of carbonyl (C=O) groups is 2. The number of hydrogen-bond donors (Lipinski definition) is 2. The summed E-state index contributed by atoms with van der Waals surface area (Å²) in [5.41, 5.74) is 3.27. The van der Waals surface area contributed by atoms with Gasteiger partial charge in [0.2, 0.25) is 0 Å². The Hall–Kier alpha value is -4.17. The third kappa shape index (κ3) is 5.06. The first-order valence-electron chi connectivity index (χ1n) is 11.7. The van der Waals surface area contributed by atoms with E-state index in [0.29, 0.717) is 30.0 Å². The first-order valence-corrected chi connectivity index (χ1v) is 12.1. The Bertz CT molecular complexity index is 1450. The molecule has 3 aromatic carbocycles. The van der Waals surface area contributed by atoms with E-state index in [9.17, 15) is 19.1 Å². The number of ether oxygens (including phenoxy) is 1. The summed E-state index contributed by atoms with van der Waals surface area (Å²) in [6.07, 6.45) is 1.94. The first kappa shape index (κ1) is 24.5. The number of anilines is 1. The molecule has 0 aliphatic heterocycles. The fourth-order valence-electron chi connectivity index (χ4n) is 4.25. The smallest absolute Gasteiger partial charge is 0.412 e. The predicted octanol–water partition coefficient (Wildman–Crippen LogP) is 6.24. The van der Waals surface area contributed by atoms with Crippen LogP contribution in [0.3, 0.4) is 0 Å². The lowest BCUT2D eigenvalue weighted by atomic mass is 9.94. The molecule has 1 fully saturated rings. The van der Waals surface area contributed by atoms with E-state index >= 15 is 0 Å². The van der Waals surface area contributed by atoms with Gasteiger partial charge >= 0.3 is 12.1 Å². The van der Waals surface area contributed by atoms with Crippen LogP contribution in [-0.2, 0) is 21.4 Å². The normalized spacial score (nSPS) is 13.7. The van der Waals surface area contributed by atoms with Crippen LogP contribution >= 0.6 is 11.6 Å². The van der Waals surface area contributed by atoms with Crippen molar-refractivity contribution < 1.29 is 23.8 Å². The maximum atomic E-state index is 14.4. The zero-order chi connectivity index (χ0) is 26.0. The Kier molecular flexibility index (Phi) is 6.67. The van der Waals surface area contributed by atoms with Crippen LogP contribution in [0.2, 0.25) is 5.02 Å². The summed E-state index contributed by atoms with van der Waals surface area (Å²) in [6.45, 7) is 0.0758. The third-order valence-electron chi connectivity index (χ3n) is 6.55. The van der Waals surface area contributed by atoms with Crippen molar-refractivity contribution in [2.24, 2.45) is 0 Å². The number of rotatable bonds is 8. The van der Waals surface area contributed by atoms with Crippen LogP contribution in [0.25, 0.3) is 16.8 Å². The molecule has 37 heavy (non-hydrogen) atoms. The highest BCUT2D eigenvalue weighted by Crippen LogP contribution is 2.48. The second kappa shape index (κ2) is 10.1. The summed E-state index contributed by atoms with van der Waals surface area (Å²) >= 11 is 6.11. The largest absolute Gasteiger partial charge is 0.481 e. The minimum atomic E-state index is -0.806. The average Bonchev–Trinajstić information content (AvgIpc) is 3.65. The van der Waals surface area contributed by atoms with Crippen molar-refractivity contribution in [3.05, 3.63) is 101 Å². The molecule has 1 saturated carbocycles. The van der Waals surface area contributed by atoms with Gasteiger partial charge in [0.1, 0.15) is 0 Å². The summed E-state index contributed by atoms with van der Waals surface area (Å²) in [4.78, 5) is 23.9. The van der Waals surface area contributed by atoms with Gasteiger partial charge in [0.15, 0.2) is 11.6 Å². The molecular formula is C28H23ClFN3O4. The van der Waals surface area contributed by atoms with E-state index in [1.54, 1.807) is 18.2 Å². The number of carboxylic acids is 1. The molecule has 5 rings (SSSR count). The SMILES string of the molecule is O=C(Nc1c(F)cnn1-c1ccc(-c2ccc(C3(C(=O)O)CC3)cc2)cc1)OCCc1ccccc1Cl. The topological polar surface area (TPSA) is 93.5 Å². The van der Waals surface area contributed by atoms with Gasteiger partial charge in [-0.3, -0.25) is 10.1 Å². The van der Waals surface area contributed by atoms with Gasteiger partial charge in [-0.15, -0.1) is 0 Å². The molecule has 0 radical (unpaired) electrons. The second-order valence-electron chi connectivity index (χ2n) is 8.87. The maximum Gasteiger partial charge on any atom is 0.412 e. The Labute approximate surface area is 217 Å². The Morgan fingerprint density at radius 1 is 1.03 bits per heavy atom. The van der Waals surface area contributed by atoms with Crippen LogP contribution < -0.4 is 5.32 Å². The Morgan fingerprint density at radius 3 is 2.30 bits per heavy atom. The molecule has 0 bridgehead atoms. The highest BCUT2D eigenvalue weighted by Gasteiger charge is 2.51. The van der Waals surface area contributed by atoms with Gasteiger partial charge in [-0.05, 0) is 53.3 Å². The number of amides is 1. The molecule has 4 aromatic rings. The van der Waals surface area contributed by atoms with Crippen LogP contribution in [0.1, 0.15) is 24.0 Å². The van der Waals surface area contributed by atoms with Crippen LogP contribution in [0.5, 0.6) is 0 Å². The third-order valence-corrected chi connectivity index (χ3v) is 6.92. The molecule has 0 saturated heterocycles. The lowest BCUT2D eigenvalue weighted by molar-refractivity contribution is -0.140. The molecule has 2 N–H and O–H groups in total. The van der Waals surface area contributed by atoms with Gasteiger partial charge in [0.25, 0.3) is 0 Å². The number of carboxylic acid groups (broad SMARTS) is 1. The second-order valence-corrected chi connectivity index (χ2v) is 9.27. The summed E-state index contributed by atoms with van der Waals surface area (Å²) in [7, 11) is 0. The number of halogens is 2. The lowest BCUT2D eigenvalue weighted by Gasteiger charge is -2.12. The molecule has 1 aliphatic rings. The quantitative estimate of drug-likeness (QED) is 0.287. The van der Waals surface area contributed by atoms with Gasteiger partial charge in [0, 0.05) is 11.4 Å². The number of nitrogens with zero attached hydrogens (tertiary/aromatic N) is 2. The number of aliphatic carboxylic acids is 1. The number of carbonyl (C=O) groups excluding carboxylic acids is 1. The van der Waals surface area contributed by atoms with Crippen molar-refractivity contribution in [1.82, 2.24) is 9.78 Å². The minimum Gasteiger partial charge on any atom is -0.481 e. The Balaban J connectivity index is 1.25. The van der Waals surface area contributed by atoms with Gasteiger partial charge < -0.3 is 9.84 Å². The van der Waals surface area contributed by atoms with Crippen LogP contribution in [0.15, 0.2) is 79.0 Å². The van der Waals surface area contributed by atoms with E-state index in [2.05, 4.69) is 10.4 Å². The molecule has 9 heteroatoms. The predicted molar refractivity (Wildman–Crippen MR) is 138 cm³/mol. The first-order chi connectivity index (χ1) is 17.9. The van der Waals surface area contributed by atoms with Gasteiger partial charge in [0.05, 0.1) is 23.9 Å². The molecule has 188 valence electrons. The molecule has 0 unspecified atom stereocenters. The average molecular weight is 520 g/mol. The van der Waals surface area contributed by atoms with Crippen molar-refractivity contribution in [1.29, 1.82) is 0 Å². The monoisotopic (exact) mass is 519 g/mol. The van der Waals surface area contributed by atoms with Crippen molar-refractivity contribution in [3.8, 4) is 16.8 Å². The molecule has 1 heterocycles. The molecule has 1 aromatic heterocycles. The molecule has 1 aliphatic carbocycles. The van der Waals surface area contributed by atoms with Crippen molar-refractivity contribution in [2.45, 2.75) is 24.7 Å². The van der Waals surface area contributed by atoms with Crippen molar-refractivity contribution in [3.63, 3.8) is 0 Å². The molecule has 0 spiro atoms. The van der Waals surface area contributed by atoms with E-state index in [4.69, 9.17) is 16.3 Å². The summed E-state index contributed by atoms with van der Waals surface area (Å²) in [5, 5.41) is 16.5. The van der Waals surface area contributed by atoms with Crippen molar-refractivity contribution >= 4 is 29.5 Å². The Morgan fingerprint density at radius 2 is 1.68 bits per heavy atom. The van der Waals surface area contributed by atoms with Gasteiger partial charge in [-0.25, -0.2) is 13.9 Å². The fraction of sp³-hybridized carbons (Fsp3) is 0.179. The van der Waals surface area contributed by atoms with Crippen LogP contribution in [-0.4, -0.2) is 33.6 Å². The summed E-state index contributed by atoms with van der Waals surface area (Å²) < 4.78 is 20.9. The van der Waals surface area contributed by atoms with E-state index < -0.39 is 23.3 Å². The van der Waals surface area contributed by atoms with Crippen LogP contribution in [0.4, 0.5) is 15.0 Å². The number of benzene rings is 3. The van der Waals surface area contributed by atoms with E-state index in [1.807, 2.05) is 54.6 Å². The zero-order valence-electron chi connectivity index (χ0n) is 19.7. The summed E-state index contributed by atoms with van der Waals surface area (Å²) in [6, 6.07) is 22.0. The van der Waals surface area contributed by atoms with Gasteiger partial charge in [-0.2, -0.15) is 5.10 Å². The van der Waals surface area contributed by atoms with E-state index in [1.165, 1.54) is 4.68 Å². The van der Waals surface area contributed by atoms with E-state index in [0.717, 1.165) is 28.5 Å².